The Morgan fingerprint density at radius 3 is 2.59 bits per heavy atom. The van der Waals surface area contributed by atoms with Crippen LogP contribution in [-0.2, 0) is 6.54 Å². The van der Waals surface area contributed by atoms with Crippen molar-refractivity contribution in [3.05, 3.63) is 24.0 Å². The molecule has 17 heavy (non-hydrogen) atoms. The minimum atomic E-state index is 0.849. The average Bonchev–Trinajstić information content (AvgIpc) is 2.29. The Morgan fingerprint density at radius 2 is 1.88 bits per heavy atom. The zero-order chi connectivity index (χ0) is 11.9. The zero-order valence-electron chi connectivity index (χ0n) is 10.8. The Hall–Kier alpha value is -1.09. The molecule has 2 rings (SSSR count). The summed E-state index contributed by atoms with van der Waals surface area (Å²) in [5.41, 5.74) is 2.47. The largest absolute Gasteiger partial charge is 0.371 e. The van der Waals surface area contributed by atoms with E-state index >= 15 is 0 Å². The lowest BCUT2D eigenvalue weighted by Crippen LogP contribution is -2.27. The van der Waals surface area contributed by atoms with Crippen molar-refractivity contribution in [2.24, 2.45) is 0 Å². The highest BCUT2D eigenvalue weighted by Gasteiger charge is 2.09. The third-order valence-corrected chi connectivity index (χ3v) is 3.38. The van der Waals surface area contributed by atoms with E-state index in [-0.39, 0.29) is 0 Å². The topological polar surface area (TPSA) is 28.2 Å². The summed E-state index contributed by atoms with van der Waals surface area (Å²) >= 11 is 0. The van der Waals surface area contributed by atoms with Crippen LogP contribution in [0.1, 0.15) is 37.8 Å². The van der Waals surface area contributed by atoms with Gasteiger partial charge in [0.05, 0.1) is 5.69 Å². The summed E-state index contributed by atoms with van der Waals surface area (Å²) in [6, 6.07) is 4.36. The normalized spacial score (nSPS) is 17.6. The van der Waals surface area contributed by atoms with Crippen LogP contribution in [0.4, 0.5) is 5.69 Å². The number of aromatic nitrogens is 1. The summed E-state index contributed by atoms with van der Waals surface area (Å²) in [6.45, 7) is 3.24. The van der Waals surface area contributed by atoms with E-state index < -0.39 is 0 Å². The van der Waals surface area contributed by atoms with Gasteiger partial charge < -0.3 is 10.2 Å². The fourth-order valence-corrected chi connectivity index (χ4v) is 2.45. The molecule has 0 spiro atoms. The summed E-state index contributed by atoms with van der Waals surface area (Å²) in [7, 11) is 1.96. The summed E-state index contributed by atoms with van der Waals surface area (Å²) in [4.78, 5) is 6.89. The fourth-order valence-electron chi connectivity index (χ4n) is 2.45. The van der Waals surface area contributed by atoms with E-state index in [1.165, 1.54) is 50.9 Å². The average molecular weight is 233 g/mol. The molecule has 0 radical (unpaired) electrons. The number of pyridine rings is 1. The van der Waals surface area contributed by atoms with Crippen LogP contribution >= 0.6 is 0 Å². The molecular formula is C14H23N3. The first-order chi connectivity index (χ1) is 8.40. The molecule has 1 aromatic heterocycles. The Balaban J connectivity index is 2.05. The van der Waals surface area contributed by atoms with Gasteiger partial charge in [-0.3, -0.25) is 4.98 Å². The monoisotopic (exact) mass is 233 g/mol. The molecule has 3 nitrogen and oxygen atoms in total. The first-order valence-electron chi connectivity index (χ1n) is 6.74. The molecule has 2 heterocycles. The molecular weight excluding hydrogens is 210 g/mol. The van der Waals surface area contributed by atoms with Crippen molar-refractivity contribution in [1.29, 1.82) is 0 Å². The van der Waals surface area contributed by atoms with Crippen LogP contribution in [0, 0.1) is 0 Å². The van der Waals surface area contributed by atoms with E-state index in [2.05, 4.69) is 27.3 Å². The third-order valence-electron chi connectivity index (χ3n) is 3.38. The second-order valence-electron chi connectivity index (χ2n) is 4.79. The molecule has 0 aromatic carbocycles. The number of hydrogen-bond donors (Lipinski definition) is 1. The van der Waals surface area contributed by atoms with Crippen molar-refractivity contribution in [3.63, 3.8) is 0 Å². The molecule has 0 bridgehead atoms. The van der Waals surface area contributed by atoms with E-state index in [0.717, 1.165) is 12.2 Å². The summed E-state index contributed by atoms with van der Waals surface area (Å²) in [5, 5.41) is 3.16. The quantitative estimate of drug-likeness (QED) is 0.869. The van der Waals surface area contributed by atoms with Gasteiger partial charge in [0.15, 0.2) is 0 Å². The maximum atomic E-state index is 4.38. The highest BCUT2D eigenvalue weighted by atomic mass is 15.1. The molecule has 0 unspecified atom stereocenters. The van der Waals surface area contributed by atoms with Crippen LogP contribution in [0.5, 0.6) is 0 Å². The summed E-state index contributed by atoms with van der Waals surface area (Å²) in [6.07, 6.45) is 8.75. The molecule has 0 saturated carbocycles. The third kappa shape index (κ3) is 3.70. The molecule has 1 fully saturated rings. The number of rotatable bonds is 3. The van der Waals surface area contributed by atoms with E-state index in [9.17, 15) is 0 Å². The lowest BCUT2D eigenvalue weighted by Gasteiger charge is -2.27. The Morgan fingerprint density at radius 1 is 1.18 bits per heavy atom. The molecule has 94 valence electrons. The van der Waals surface area contributed by atoms with Crippen LogP contribution in [-0.4, -0.2) is 25.1 Å². The molecule has 1 aliphatic rings. The van der Waals surface area contributed by atoms with Crippen molar-refractivity contribution in [2.45, 2.75) is 38.6 Å². The molecule has 0 atom stereocenters. The molecule has 0 aliphatic carbocycles. The van der Waals surface area contributed by atoms with Gasteiger partial charge in [-0.1, -0.05) is 19.3 Å². The molecule has 3 heteroatoms. The Bertz CT molecular complexity index is 330. The maximum absolute atomic E-state index is 4.38. The SMILES string of the molecule is CNCc1cc(N2CCCCCCC2)ccn1. The summed E-state index contributed by atoms with van der Waals surface area (Å²) in [5.74, 6) is 0. The smallest absolute Gasteiger partial charge is 0.0562 e. The van der Waals surface area contributed by atoms with Crippen molar-refractivity contribution in [3.8, 4) is 0 Å². The number of hydrogen-bond acceptors (Lipinski definition) is 3. The van der Waals surface area contributed by atoms with Gasteiger partial charge in [-0.05, 0) is 32.0 Å². The van der Waals surface area contributed by atoms with Gasteiger partial charge in [-0.25, -0.2) is 0 Å². The van der Waals surface area contributed by atoms with Gasteiger partial charge in [-0.15, -0.1) is 0 Å². The van der Waals surface area contributed by atoms with E-state index in [0.29, 0.717) is 0 Å². The molecule has 1 saturated heterocycles. The predicted octanol–water partition coefficient (Wildman–Crippen LogP) is 2.57. The van der Waals surface area contributed by atoms with Crippen molar-refractivity contribution in [1.82, 2.24) is 10.3 Å². The van der Waals surface area contributed by atoms with Crippen LogP contribution in [0.15, 0.2) is 18.3 Å². The minimum absolute atomic E-state index is 0.849. The Kier molecular flexibility index (Phi) is 4.80. The van der Waals surface area contributed by atoms with Crippen molar-refractivity contribution < 1.29 is 0 Å². The maximum Gasteiger partial charge on any atom is 0.0562 e. The lowest BCUT2D eigenvalue weighted by atomic mass is 10.1. The number of nitrogens with zero attached hydrogens (tertiary/aromatic N) is 2. The van der Waals surface area contributed by atoms with Crippen LogP contribution in [0.3, 0.4) is 0 Å². The number of anilines is 1. The molecule has 1 aliphatic heterocycles. The van der Waals surface area contributed by atoms with Gasteiger partial charge in [0.1, 0.15) is 0 Å². The second-order valence-corrected chi connectivity index (χ2v) is 4.79. The molecule has 1 aromatic rings. The standard InChI is InChI=1S/C14H23N3/c1-15-12-13-11-14(7-8-16-13)17-9-5-3-2-4-6-10-17/h7-8,11,15H,2-6,9-10,12H2,1H3. The number of nitrogens with one attached hydrogen (secondary N) is 1. The molecule has 0 amide bonds. The summed E-state index contributed by atoms with van der Waals surface area (Å²) < 4.78 is 0. The predicted molar refractivity (Wildman–Crippen MR) is 72.3 cm³/mol. The van der Waals surface area contributed by atoms with Gasteiger partial charge in [-0.2, -0.15) is 0 Å². The second kappa shape index (κ2) is 6.60. The minimum Gasteiger partial charge on any atom is -0.371 e. The van der Waals surface area contributed by atoms with Gasteiger partial charge in [0.25, 0.3) is 0 Å². The van der Waals surface area contributed by atoms with Crippen LogP contribution < -0.4 is 10.2 Å². The zero-order valence-corrected chi connectivity index (χ0v) is 10.8. The van der Waals surface area contributed by atoms with Crippen LogP contribution in [0.25, 0.3) is 0 Å². The van der Waals surface area contributed by atoms with Gasteiger partial charge in [0.2, 0.25) is 0 Å². The fraction of sp³-hybridized carbons (Fsp3) is 0.643. The van der Waals surface area contributed by atoms with Gasteiger partial charge >= 0.3 is 0 Å². The lowest BCUT2D eigenvalue weighted by molar-refractivity contribution is 0.556. The van der Waals surface area contributed by atoms with Gasteiger partial charge in [0, 0.05) is 31.5 Å². The van der Waals surface area contributed by atoms with E-state index in [1.807, 2.05) is 13.2 Å². The van der Waals surface area contributed by atoms with E-state index in [1.54, 1.807) is 0 Å². The van der Waals surface area contributed by atoms with Crippen LogP contribution in [0.2, 0.25) is 0 Å². The first kappa shape index (κ1) is 12.4. The Labute approximate surface area is 104 Å². The van der Waals surface area contributed by atoms with E-state index in [4.69, 9.17) is 0 Å². The molecule has 1 N–H and O–H groups in total. The van der Waals surface area contributed by atoms with Crippen molar-refractivity contribution in [2.75, 3.05) is 25.0 Å². The van der Waals surface area contributed by atoms with Crippen molar-refractivity contribution >= 4 is 5.69 Å². The highest BCUT2D eigenvalue weighted by molar-refractivity contribution is 5.46. The first-order valence-corrected chi connectivity index (χ1v) is 6.74. The highest BCUT2D eigenvalue weighted by Crippen LogP contribution is 2.19.